The highest BCUT2D eigenvalue weighted by molar-refractivity contribution is 7.92. The van der Waals surface area contributed by atoms with E-state index in [1.165, 1.54) is 6.07 Å². The number of rotatable bonds is 7. The fourth-order valence-electron chi connectivity index (χ4n) is 2.12. The molecule has 0 unspecified atom stereocenters. The van der Waals surface area contributed by atoms with Crippen LogP contribution < -0.4 is 10.0 Å². The van der Waals surface area contributed by atoms with Gasteiger partial charge in [0, 0.05) is 18.7 Å². The number of non-ortho nitro benzene ring substituents is 1. The van der Waals surface area contributed by atoms with Crippen LogP contribution in [0.1, 0.15) is 5.56 Å². The van der Waals surface area contributed by atoms with Crippen molar-refractivity contribution in [1.82, 2.24) is 0 Å². The third-order valence-electron chi connectivity index (χ3n) is 3.36. The van der Waals surface area contributed by atoms with Crippen molar-refractivity contribution < 1.29 is 31.6 Å². The van der Waals surface area contributed by atoms with Crippen LogP contribution in [0.3, 0.4) is 0 Å². The van der Waals surface area contributed by atoms with Crippen molar-refractivity contribution in [3.63, 3.8) is 0 Å². The summed E-state index contributed by atoms with van der Waals surface area (Å²) in [5.74, 6) is 0. The van der Waals surface area contributed by atoms with Gasteiger partial charge in [-0.05, 0) is 24.3 Å². The second kappa shape index (κ2) is 7.80. The predicted octanol–water partition coefficient (Wildman–Crippen LogP) is 2.82. The molecule has 0 atom stereocenters. The first-order valence-corrected chi connectivity index (χ1v) is 8.86. The van der Waals surface area contributed by atoms with Gasteiger partial charge in [-0.25, -0.2) is 8.42 Å². The van der Waals surface area contributed by atoms with E-state index in [1.54, 1.807) is 0 Å². The van der Waals surface area contributed by atoms with Crippen molar-refractivity contribution in [3.8, 4) is 0 Å². The number of sulfonamides is 1. The first-order valence-electron chi connectivity index (χ1n) is 7.38. The minimum absolute atomic E-state index is 0.0239. The molecular formula is C15H14F3N3O5S. The Balaban J connectivity index is 2.44. The van der Waals surface area contributed by atoms with E-state index in [2.05, 4.69) is 5.32 Å². The van der Waals surface area contributed by atoms with Gasteiger partial charge in [-0.2, -0.15) is 13.2 Å². The topological polar surface area (TPSA) is 122 Å². The molecule has 0 bridgehead atoms. The lowest BCUT2D eigenvalue weighted by molar-refractivity contribution is -0.384. The van der Waals surface area contributed by atoms with E-state index in [4.69, 9.17) is 5.11 Å². The molecule has 0 aliphatic rings. The van der Waals surface area contributed by atoms with Gasteiger partial charge in [0.15, 0.2) is 0 Å². The van der Waals surface area contributed by atoms with Gasteiger partial charge < -0.3 is 10.4 Å². The van der Waals surface area contributed by atoms with Gasteiger partial charge in [-0.1, -0.05) is 6.07 Å². The van der Waals surface area contributed by atoms with E-state index in [-0.39, 0.29) is 24.5 Å². The zero-order chi connectivity index (χ0) is 20.2. The molecule has 0 aliphatic carbocycles. The molecule has 0 amide bonds. The number of benzene rings is 2. The molecular weight excluding hydrogens is 391 g/mol. The fraction of sp³-hybridized carbons (Fsp3) is 0.200. The standard InChI is InChI=1S/C15H14F3N3O5S/c16-15(17,18)10-2-1-3-12(8-10)27(25,26)20-14-9-11(21(23)24)4-5-13(14)19-6-7-22/h1-5,8-9,19-20,22H,6-7H2. The first-order chi connectivity index (χ1) is 12.5. The normalized spacial score (nSPS) is 11.9. The largest absolute Gasteiger partial charge is 0.416 e. The summed E-state index contributed by atoms with van der Waals surface area (Å²) in [6.45, 7) is -0.271. The quantitative estimate of drug-likeness (QED) is 0.481. The summed E-state index contributed by atoms with van der Waals surface area (Å²) in [5.41, 5.74) is -1.70. The maximum absolute atomic E-state index is 12.8. The Hall–Kier alpha value is -2.86. The molecule has 2 rings (SSSR count). The molecule has 146 valence electrons. The van der Waals surface area contributed by atoms with Crippen molar-refractivity contribution in [2.75, 3.05) is 23.2 Å². The summed E-state index contributed by atoms with van der Waals surface area (Å²) >= 11 is 0. The Morgan fingerprint density at radius 1 is 1.11 bits per heavy atom. The number of aliphatic hydroxyl groups excluding tert-OH is 1. The van der Waals surface area contributed by atoms with Crippen molar-refractivity contribution in [2.45, 2.75) is 11.1 Å². The van der Waals surface area contributed by atoms with E-state index in [9.17, 15) is 31.7 Å². The predicted molar refractivity (Wildman–Crippen MR) is 90.9 cm³/mol. The highest BCUT2D eigenvalue weighted by atomic mass is 32.2. The second-order valence-electron chi connectivity index (χ2n) is 5.27. The van der Waals surface area contributed by atoms with Gasteiger partial charge in [0.25, 0.3) is 15.7 Å². The molecule has 2 aromatic carbocycles. The van der Waals surface area contributed by atoms with Crippen LogP contribution in [0.5, 0.6) is 0 Å². The minimum atomic E-state index is -4.73. The van der Waals surface area contributed by atoms with Crippen molar-refractivity contribution in [3.05, 3.63) is 58.1 Å². The molecule has 0 aliphatic heterocycles. The highest BCUT2D eigenvalue weighted by Gasteiger charge is 2.31. The molecule has 0 spiro atoms. The molecule has 8 nitrogen and oxygen atoms in total. The lowest BCUT2D eigenvalue weighted by atomic mass is 10.2. The maximum atomic E-state index is 12.8. The van der Waals surface area contributed by atoms with Crippen LogP contribution in [-0.2, 0) is 16.2 Å². The summed E-state index contributed by atoms with van der Waals surface area (Å²) in [5, 5.41) is 22.4. The number of nitrogens with one attached hydrogen (secondary N) is 2. The Bertz CT molecular complexity index is 948. The Morgan fingerprint density at radius 3 is 2.41 bits per heavy atom. The Kier molecular flexibility index (Phi) is 5.91. The van der Waals surface area contributed by atoms with E-state index in [1.807, 2.05) is 4.72 Å². The van der Waals surface area contributed by atoms with Crippen molar-refractivity contribution >= 4 is 27.1 Å². The van der Waals surface area contributed by atoms with Crippen molar-refractivity contribution in [2.24, 2.45) is 0 Å². The molecule has 3 N–H and O–H groups in total. The number of anilines is 2. The zero-order valence-corrected chi connectivity index (χ0v) is 14.3. The second-order valence-corrected chi connectivity index (χ2v) is 6.95. The van der Waals surface area contributed by atoms with Gasteiger partial charge in [-0.3, -0.25) is 14.8 Å². The van der Waals surface area contributed by atoms with Crippen LogP contribution in [-0.4, -0.2) is 31.6 Å². The lowest BCUT2D eigenvalue weighted by Gasteiger charge is -2.14. The molecule has 2 aromatic rings. The number of nitro groups is 1. The van der Waals surface area contributed by atoms with Crippen LogP contribution in [0.15, 0.2) is 47.4 Å². The SMILES string of the molecule is O=[N+]([O-])c1ccc(NCCO)c(NS(=O)(=O)c2cccc(C(F)(F)F)c2)c1. The Morgan fingerprint density at radius 2 is 1.81 bits per heavy atom. The zero-order valence-electron chi connectivity index (χ0n) is 13.5. The molecule has 27 heavy (non-hydrogen) atoms. The van der Waals surface area contributed by atoms with Crippen LogP contribution in [0.25, 0.3) is 0 Å². The smallest absolute Gasteiger partial charge is 0.395 e. The molecule has 0 fully saturated rings. The maximum Gasteiger partial charge on any atom is 0.416 e. The third-order valence-corrected chi connectivity index (χ3v) is 4.72. The summed E-state index contributed by atoms with van der Waals surface area (Å²) in [6.07, 6.45) is -4.73. The molecule has 12 heteroatoms. The summed E-state index contributed by atoms with van der Waals surface area (Å²) in [7, 11) is -4.46. The summed E-state index contributed by atoms with van der Waals surface area (Å²) in [6, 6.07) is 6.34. The highest BCUT2D eigenvalue weighted by Crippen LogP contribution is 2.32. The summed E-state index contributed by atoms with van der Waals surface area (Å²) < 4.78 is 65.4. The van der Waals surface area contributed by atoms with Crippen molar-refractivity contribution in [1.29, 1.82) is 0 Å². The molecule has 0 heterocycles. The van der Waals surface area contributed by atoms with Gasteiger partial charge >= 0.3 is 6.18 Å². The number of aliphatic hydroxyl groups is 1. The number of hydrogen-bond donors (Lipinski definition) is 3. The molecule has 0 saturated heterocycles. The lowest BCUT2D eigenvalue weighted by Crippen LogP contribution is -2.16. The average molecular weight is 405 g/mol. The van der Waals surface area contributed by atoms with Crippen LogP contribution in [0, 0.1) is 10.1 Å². The van der Waals surface area contributed by atoms with Crippen LogP contribution in [0.4, 0.5) is 30.2 Å². The number of hydrogen-bond acceptors (Lipinski definition) is 6. The molecule has 0 saturated carbocycles. The van der Waals surface area contributed by atoms with Gasteiger partial charge in [0.2, 0.25) is 0 Å². The average Bonchev–Trinajstić information content (AvgIpc) is 2.59. The number of alkyl halides is 3. The number of halogens is 3. The number of nitro benzene ring substituents is 1. The van der Waals surface area contributed by atoms with Gasteiger partial charge in [-0.15, -0.1) is 0 Å². The molecule has 0 aromatic heterocycles. The van der Waals surface area contributed by atoms with E-state index in [0.29, 0.717) is 6.07 Å². The van der Waals surface area contributed by atoms with E-state index in [0.717, 1.165) is 30.3 Å². The van der Waals surface area contributed by atoms with E-state index >= 15 is 0 Å². The van der Waals surface area contributed by atoms with Gasteiger partial charge in [0.05, 0.1) is 33.4 Å². The first kappa shape index (κ1) is 20.5. The third kappa shape index (κ3) is 5.08. The summed E-state index contributed by atoms with van der Waals surface area (Å²) in [4.78, 5) is 9.50. The fourth-order valence-corrected chi connectivity index (χ4v) is 3.23. The van der Waals surface area contributed by atoms with E-state index < -0.39 is 37.3 Å². The van der Waals surface area contributed by atoms with Gasteiger partial charge in [0.1, 0.15) is 0 Å². The Labute approximate surface area is 151 Å². The molecule has 0 radical (unpaired) electrons. The minimum Gasteiger partial charge on any atom is -0.395 e. The monoisotopic (exact) mass is 405 g/mol. The van der Waals surface area contributed by atoms with Crippen LogP contribution >= 0.6 is 0 Å². The number of nitrogens with zero attached hydrogens (tertiary/aromatic N) is 1. The van der Waals surface area contributed by atoms with Crippen LogP contribution in [0.2, 0.25) is 0 Å².